The maximum atomic E-state index is 13.6. The van der Waals surface area contributed by atoms with Crippen LogP contribution in [0.15, 0.2) is 45.3 Å². The number of rotatable bonds is 4. The van der Waals surface area contributed by atoms with E-state index in [1.807, 2.05) is 18.2 Å². The lowest BCUT2D eigenvalue weighted by molar-refractivity contribution is 0.296. The number of ether oxygens (including phenoxy) is 1. The topological polar surface area (TPSA) is 35.2 Å². The van der Waals surface area contributed by atoms with Crippen LogP contribution in [0.3, 0.4) is 0 Å². The first kappa shape index (κ1) is 14.5. The third-order valence-corrected chi connectivity index (χ3v) is 3.62. The molecule has 2 rings (SSSR count). The molecule has 0 atom stereocenters. The first-order chi connectivity index (χ1) is 9.10. The smallest absolute Gasteiger partial charge is 0.129 e. The fourth-order valence-corrected chi connectivity index (χ4v) is 2.47. The van der Waals surface area contributed by atoms with Gasteiger partial charge in [-0.25, -0.2) is 4.39 Å². The van der Waals surface area contributed by atoms with Gasteiger partial charge in [0.2, 0.25) is 0 Å². The normalized spacial score (nSPS) is 10.5. The van der Waals surface area contributed by atoms with Crippen LogP contribution in [-0.4, -0.2) is 0 Å². The average molecular weight is 389 g/mol. The summed E-state index contributed by atoms with van der Waals surface area (Å²) in [5.41, 5.74) is 7.04. The van der Waals surface area contributed by atoms with Gasteiger partial charge in [-0.1, -0.05) is 31.9 Å². The molecule has 0 spiro atoms. The first-order valence-corrected chi connectivity index (χ1v) is 7.24. The molecule has 0 aromatic heterocycles. The predicted octanol–water partition coefficient (Wildman–Crippen LogP) is 4.39. The summed E-state index contributed by atoms with van der Waals surface area (Å²) < 4.78 is 21.0. The molecule has 0 saturated heterocycles. The third kappa shape index (κ3) is 3.78. The molecule has 0 unspecified atom stereocenters. The van der Waals surface area contributed by atoms with Crippen LogP contribution in [0.2, 0.25) is 0 Å². The molecule has 0 aliphatic rings. The van der Waals surface area contributed by atoms with Crippen molar-refractivity contribution in [1.29, 1.82) is 0 Å². The van der Waals surface area contributed by atoms with E-state index in [-0.39, 0.29) is 12.4 Å². The molecule has 100 valence electrons. The van der Waals surface area contributed by atoms with Crippen molar-refractivity contribution in [2.24, 2.45) is 5.73 Å². The molecule has 0 amide bonds. The van der Waals surface area contributed by atoms with Gasteiger partial charge in [-0.05, 0) is 36.4 Å². The Morgan fingerprint density at radius 3 is 2.32 bits per heavy atom. The standard InChI is InChI=1S/C14H12Br2FNO/c15-11-1-3-13(17)10(6-11)8-19-14-4-2-12(16)5-9(14)7-18/h1-6H,7-8,18H2. The van der Waals surface area contributed by atoms with Crippen LogP contribution in [-0.2, 0) is 13.2 Å². The minimum Gasteiger partial charge on any atom is -0.488 e. The van der Waals surface area contributed by atoms with Crippen molar-refractivity contribution in [3.63, 3.8) is 0 Å². The van der Waals surface area contributed by atoms with E-state index in [4.69, 9.17) is 10.5 Å². The summed E-state index contributed by atoms with van der Waals surface area (Å²) in [5, 5.41) is 0. The molecule has 0 aliphatic carbocycles. The Morgan fingerprint density at radius 2 is 1.63 bits per heavy atom. The molecule has 2 nitrogen and oxygen atoms in total. The summed E-state index contributed by atoms with van der Waals surface area (Å²) in [6, 6.07) is 10.4. The van der Waals surface area contributed by atoms with Crippen molar-refractivity contribution in [3.8, 4) is 5.75 Å². The highest BCUT2D eigenvalue weighted by molar-refractivity contribution is 9.10. The molecule has 0 saturated carbocycles. The quantitative estimate of drug-likeness (QED) is 0.842. The molecule has 0 heterocycles. The molecule has 2 aromatic rings. The van der Waals surface area contributed by atoms with Gasteiger partial charge in [0, 0.05) is 26.6 Å². The predicted molar refractivity (Wildman–Crippen MR) is 80.5 cm³/mol. The average Bonchev–Trinajstić information content (AvgIpc) is 2.40. The van der Waals surface area contributed by atoms with E-state index in [9.17, 15) is 4.39 Å². The first-order valence-electron chi connectivity index (χ1n) is 5.65. The van der Waals surface area contributed by atoms with Gasteiger partial charge >= 0.3 is 0 Å². The van der Waals surface area contributed by atoms with E-state index in [0.29, 0.717) is 17.9 Å². The lowest BCUT2D eigenvalue weighted by atomic mass is 10.2. The molecule has 19 heavy (non-hydrogen) atoms. The number of hydrogen-bond acceptors (Lipinski definition) is 2. The highest BCUT2D eigenvalue weighted by Crippen LogP contribution is 2.24. The molecule has 0 aliphatic heterocycles. The molecule has 0 radical (unpaired) electrons. The molecule has 0 bridgehead atoms. The minimum atomic E-state index is -0.283. The van der Waals surface area contributed by atoms with Gasteiger partial charge in [-0.15, -0.1) is 0 Å². The Bertz CT molecular complexity index is 590. The largest absolute Gasteiger partial charge is 0.488 e. The Morgan fingerprint density at radius 1 is 1.00 bits per heavy atom. The van der Waals surface area contributed by atoms with Crippen LogP contribution < -0.4 is 10.5 Å². The van der Waals surface area contributed by atoms with Gasteiger partial charge < -0.3 is 10.5 Å². The zero-order valence-electron chi connectivity index (χ0n) is 10.00. The van der Waals surface area contributed by atoms with E-state index in [1.165, 1.54) is 6.07 Å². The van der Waals surface area contributed by atoms with Gasteiger partial charge in [0.05, 0.1) is 0 Å². The lowest BCUT2D eigenvalue weighted by Gasteiger charge is -2.11. The van der Waals surface area contributed by atoms with E-state index in [1.54, 1.807) is 12.1 Å². The minimum absolute atomic E-state index is 0.167. The van der Waals surface area contributed by atoms with Crippen molar-refractivity contribution >= 4 is 31.9 Å². The molecule has 5 heteroatoms. The number of halogens is 3. The van der Waals surface area contributed by atoms with E-state index >= 15 is 0 Å². The number of benzene rings is 2. The highest BCUT2D eigenvalue weighted by atomic mass is 79.9. The number of hydrogen-bond donors (Lipinski definition) is 1. The van der Waals surface area contributed by atoms with Gasteiger partial charge in [-0.2, -0.15) is 0 Å². The fraction of sp³-hybridized carbons (Fsp3) is 0.143. The summed E-state index contributed by atoms with van der Waals surface area (Å²) in [6.07, 6.45) is 0. The van der Waals surface area contributed by atoms with E-state index in [2.05, 4.69) is 31.9 Å². The summed E-state index contributed by atoms with van der Waals surface area (Å²) in [6.45, 7) is 0.537. The Balaban J connectivity index is 2.16. The maximum absolute atomic E-state index is 13.6. The molecule has 2 N–H and O–H groups in total. The SMILES string of the molecule is NCc1cc(Br)ccc1OCc1cc(Br)ccc1F. The maximum Gasteiger partial charge on any atom is 0.129 e. The van der Waals surface area contributed by atoms with Crippen molar-refractivity contribution in [3.05, 3.63) is 62.3 Å². The Kier molecular flexibility index (Phi) is 4.96. The lowest BCUT2D eigenvalue weighted by Crippen LogP contribution is -2.04. The second-order valence-corrected chi connectivity index (χ2v) is 5.81. The van der Waals surface area contributed by atoms with E-state index in [0.717, 1.165) is 14.5 Å². The zero-order valence-corrected chi connectivity index (χ0v) is 13.2. The van der Waals surface area contributed by atoms with Gasteiger partial charge in [0.1, 0.15) is 18.2 Å². The van der Waals surface area contributed by atoms with Crippen LogP contribution in [0, 0.1) is 5.82 Å². The second-order valence-electron chi connectivity index (χ2n) is 3.98. The van der Waals surface area contributed by atoms with Gasteiger partial charge in [-0.3, -0.25) is 0 Å². The molecule has 0 fully saturated rings. The second kappa shape index (κ2) is 6.50. The molecular formula is C14H12Br2FNO. The third-order valence-electron chi connectivity index (χ3n) is 2.63. The summed E-state index contributed by atoms with van der Waals surface area (Å²) in [4.78, 5) is 0. The van der Waals surface area contributed by atoms with Crippen LogP contribution in [0.1, 0.15) is 11.1 Å². The fourth-order valence-electron chi connectivity index (χ4n) is 1.66. The van der Waals surface area contributed by atoms with Crippen LogP contribution in [0.5, 0.6) is 5.75 Å². The molecular weight excluding hydrogens is 377 g/mol. The highest BCUT2D eigenvalue weighted by Gasteiger charge is 2.07. The van der Waals surface area contributed by atoms with Crippen molar-refractivity contribution in [2.45, 2.75) is 13.2 Å². The Labute approximate surface area is 128 Å². The zero-order chi connectivity index (χ0) is 13.8. The monoisotopic (exact) mass is 387 g/mol. The Hall–Kier alpha value is -0.910. The summed E-state index contributed by atoms with van der Waals surface area (Å²) in [5.74, 6) is 0.389. The number of nitrogens with two attached hydrogens (primary N) is 1. The van der Waals surface area contributed by atoms with Crippen molar-refractivity contribution in [2.75, 3.05) is 0 Å². The van der Waals surface area contributed by atoms with Gasteiger partial charge in [0.25, 0.3) is 0 Å². The molecule has 2 aromatic carbocycles. The van der Waals surface area contributed by atoms with Crippen molar-refractivity contribution in [1.82, 2.24) is 0 Å². The summed E-state index contributed by atoms with van der Waals surface area (Å²) >= 11 is 6.69. The van der Waals surface area contributed by atoms with Crippen LogP contribution >= 0.6 is 31.9 Å². The van der Waals surface area contributed by atoms with Gasteiger partial charge in [0.15, 0.2) is 0 Å². The summed E-state index contributed by atoms with van der Waals surface area (Å²) in [7, 11) is 0. The van der Waals surface area contributed by atoms with E-state index < -0.39 is 0 Å². The van der Waals surface area contributed by atoms with Crippen LogP contribution in [0.25, 0.3) is 0 Å². The van der Waals surface area contributed by atoms with Crippen LogP contribution in [0.4, 0.5) is 4.39 Å². The van der Waals surface area contributed by atoms with Crippen molar-refractivity contribution < 1.29 is 9.13 Å².